The fourth-order valence-electron chi connectivity index (χ4n) is 2.31. The number of aryl methyl sites for hydroxylation is 1. The van der Waals surface area contributed by atoms with E-state index in [-0.39, 0.29) is 0 Å². The zero-order valence-corrected chi connectivity index (χ0v) is 12.6. The Morgan fingerprint density at radius 2 is 1.79 bits per heavy atom. The molecule has 0 aliphatic heterocycles. The fraction of sp³-hybridized carbons (Fsp3) is 0.333. The van der Waals surface area contributed by atoms with Crippen molar-refractivity contribution in [1.82, 2.24) is 9.97 Å². The highest BCUT2D eigenvalue weighted by molar-refractivity contribution is 7.99. The van der Waals surface area contributed by atoms with Crippen molar-refractivity contribution in [2.75, 3.05) is 6.26 Å². The smallest absolute Gasteiger partial charge is 0.188 e. The van der Waals surface area contributed by atoms with Crippen molar-refractivity contribution in [1.29, 1.82) is 0 Å². The van der Waals surface area contributed by atoms with Crippen molar-refractivity contribution in [2.45, 2.75) is 40.8 Å². The lowest BCUT2D eigenvalue weighted by molar-refractivity contribution is 0.628. The number of fused-ring (bicyclic) bond motifs is 1. The van der Waals surface area contributed by atoms with E-state index >= 15 is 0 Å². The second-order valence-corrected chi connectivity index (χ2v) is 6.40. The van der Waals surface area contributed by atoms with Crippen LogP contribution in [0.2, 0.25) is 0 Å². The molecule has 0 fully saturated rings. The van der Waals surface area contributed by atoms with Crippen LogP contribution < -0.4 is 0 Å². The Kier molecular flexibility index (Phi) is 4.09. The number of nitrogens with zero attached hydrogens (tertiary/aromatic N) is 2. The van der Waals surface area contributed by atoms with E-state index in [2.05, 4.69) is 29.2 Å². The van der Waals surface area contributed by atoms with E-state index in [0.717, 1.165) is 23.0 Å². The molecule has 0 saturated heterocycles. The first kappa shape index (κ1) is 13.0. The van der Waals surface area contributed by atoms with Crippen LogP contribution >= 0.6 is 23.5 Å². The van der Waals surface area contributed by atoms with Gasteiger partial charge in [-0.2, -0.15) is 0 Å². The molecule has 0 spiro atoms. The molecule has 2 nitrogen and oxygen atoms in total. The van der Waals surface area contributed by atoms with Gasteiger partial charge in [0.15, 0.2) is 5.16 Å². The van der Waals surface area contributed by atoms with Gasteiger partial charge in [0.05, 0.1) is 0 Å². The quantitative estimate of drug-likeness (QED) is 0.479. The molecule has 0 atom stereocenters. The monoisotopic (exact) mass is 288 g/mol. The first-order valence-corrected chi connectivity index (χ1v) is 8.57. The van der Waals surface area contributed by atoms with E-state index < -0.39 is 0 Å². The van der Waals surface area contributed by atoms with Crippen LogP contribution in [0, 0.1) is 0 Å². The predicted octanol–water partition coefficient (Wildman–Crippen LogP) is 4.23. The zero-order chi connectivity index (χ0) is 13.1. The molecule has 0 saturated carbocycles. The molecule has 98 valence electrons. The summed E-state index contributed by atoms with van der Waals surface area (Å²) in [5.41, 5.74) is 2.64. The Morgan fingerprint density at radius 1 is 1.00 bits per heavy atom. The minimum absolute atomic E-state index is 0.902. The molecular weight excluding hydrogens is 272 g/mol. The van der Waals surface area contributed by atoms with E-state index in [4.69, 9.17) is 4.98 Å². The lowest BCUT2D eigenvalue weighted by Gasteiger charge is -2.18. The van der Waals surface area contributed by atoms with E-state index in [1.54, 1.807) is 23.5 Å². The number of hydrogen-bond acceptors (Lipinski definition) is 4. The van der Waals surface area contributed by atoms with Gasteiger partial charge in [0.2, 0.25) is 0 Å². The lowest BCUT2D eigenvalue weighted by Crippen LogP contribution is -2.09. The van der Waals surface area contributed by atoms with Crippen molar-refractivity contribution in [3.05, 3.63) is 41.6 Å². The van der Waals surface area contributed by atoms with E-state index in [1.165, 1.54) is 29.0 Å². The third kappa shape index (κ3) is 2.95. The molecule has 0 radical (unpaired) electrons. The molecule has 2 aromatic rings. The summed E-state index contributed by atoms with van der Waals surface area (Å²) in [6, 6.07) is 10.5. The molecule has 0 bridgehead atoms. The van der Waals surface area contributed by atoms with Crippen LogP contribution in [0.4, 0.5) is 0 Å². The van der Waals surface area contributed by atoms with Crippen LogP contribution in [-0.4, -0.2) is 16.2 Å². The van der Waals surface area contributed by atoms with Crippen molar-refractivity contribution in [3.8, 4) is 0 Å². The molecule has 1 aromatic carbocycles. The molecule has 1 heterocycles. The van der Waals surface area contributed by atoms with Gasteiger partial charge < -0.3 is 0 Å². The average Bonchev–Trinajstić information content (AvgIpc) is 2.48. The van der Waals surface area contributed by atoms with Crippen LogP contribution in [-0.2, 0) is 12.8 Å². The summed E-state index contributed by atoms with van der Waals surface area (Å²) in [5.74, 6) is 0. The Bertz CT molecular complexity index is 570. The molecular formula is C15H16N2S2. The second-order valence-electron chi connectivity index (χ2n) is 4.56. The Hall–Kier alpha value is -1.00. The first-order chi connectivity index (χ1) is 9.36. The minimum Gasteiger partial charge on any atom is -0.227 e. The van der Waals surface area contributed by atoms with Gasteiger partial charge in [-0.3, -0.25) is 0 Å². The zero-order valence-electron chi connectivity index (χ0n) is 10.9. The summed E-state index contributed by atoms with van der Waals surface area (Å²) in [6.07, 6.45) is 6.79. The maximum Gasteiger partial charge on any atom is 0.188 e. The van der Waals surface area contributed by atoms with Gasteiger partial charge in [0, 0.05) is 16.2 Å². The predicted molar refractivity (Wildman–Crippen MR) is 81.0 cm³/mol. The minimum atomic E-state index is 0.902. The third-order valence-electron chi connectivity index (χ3n) is 3.26. The number of hydrogen-bond donors (Lipinski definition) is 0. The molecule has 1 aliphatic rings. The van der Waals surface area contributed by atoms with Crippen LogP contribution in [0.15, 0.2) is 45.4 Å². The standard InChI is InChI=1S/C15H16N2S2/c1-18-15-16-13-10-6-5-9-12(13)14(17-15)19-11-7-3-2-4-8-11/h2-4,7-8H,5-6,9-10H2,1H3. The third-order valence-corrected chi connectivity index (χ3v) is 4.85. The highest BCUT2D eigenvalue weighted by atomic mass is 32.2. The molecule has 19 heavy (non-hydrogen) atoms. The Labute approximate surface area is 122 Å². The van der Waals surface area contributed by atoms with Gasteiger partial charge in [-0.25, -0.2) is 9.97 Å². The van der Waals surface area contributed by atoms with Crippen molar-refractivity contribution in [3.63, 3.8) is 0 Å². The molecule has 1 aliphatic carbocycles. The van der Waals surface area contributed by atoms with Crippen molar-refractivity contribution >= 4 is 23.5 Å². The van der Waals surface area contributed by atoms with Gasteiger partial charge in [-0.15, -0.1) is 0 Å². The molecule has 0 amide bonds. The lowest BCUT2D eigenvalue weighted by atomic mass is 9.98. The largest absolute Gasteiger partial charge is 0.227 e. The van der Waals surface area contributed by atoms with Crippen LogP contribution in [0.5, 0.6) is 0 Å². The normalized spacial score (nSPS) is 14.2. The van der Waals surface area contributed by atoms with E-state index in [0.29, 0.717) is 0 Å². The number of thioether (sulfide) groups is 1. The topological polar surface area (TPSA) is 25.8 Å². The second kappa shape index (κ2) is 5.97. The van der Waals surface area contributed by atoms with E-state index in [1.807, 2.05) is 12.3 Å². The van der Waals surface area contributed by atoms with Crippen LogP contribution in [0.1, 0.15) is 24.1 Å². The maximum atomic E-state index is 4.71. The van der Waals surface area contributed by atoms with Crippen molar-refractivity contribution < 1.29 is 0 Å². The number of aromatic nitrogens is 2. The first-order valence-electron chi connectivity index (χ1n) is 6.53. The summed E-state index contributed by atoms with van der Waals surface area (Å²) >= 11 is 3.40. The SMILES string of the molecule is CSc1nc2c(c(Sc3ccccc3)n1)CCCC2. The van der Waals surface area contributed by atoms with Gasteiger partial charge in [-0.1, -0.05) is 41.7 Å². The van der Waals surface area contributed by atoms with Gasteiger partial charge in [0.25, 0.3) is 0 Å². The van der Waals surface area contributed by atoms with Crippen LogP contribution in [0.25, 0.3) is 0 Å². The number of benzene rings is 1. The fourth-order valence-corrected chi connectivity index (χ4v) is 3.75. The molecule has 0 unspecified atom stereocenters. The summed E-state index contributed by atoms with van der Waals surface area (Å²) in [7, 11) is 0. The van der Waals surface area contributed by atoms with Crippen LogP contribution in [0.3, 0.4) is 0 Å². The average molecular weight is 288 g/mol. The Balaban J connectivity index is 1.99. The molecule has 3 rings (SSSR count). The van der Waals surface area contributed by atoms with Crippen molar-refractivity contribution in [2.24, 2.45) is 0 Å². The summed E-state index contributed by atoms with van der Waals surface area (Å²) in [4.78, 5) is 10.6. The maximum absolute atomic E-state index is 4.71. The highest BCUT2D eigenvalue weighted by Crippen LogP contribution is 2.34. The van der Waals surface area contributed by atoms with Gasteiger partial charge in [0.1, 0.15) is 5.03 Å². The molecule has 0 N–H and O–H groups in total. The van der Waals surface area contributed by atoms with E-state index in [9.17, 15) is 0 Å². The number of rotatable bonds is 3. The van der Waals surface area contributed by atoms with Gasteiger partial charge >= 0.3 is 0 Å². The summed E-state index contributed by atoms with van der Waals surface area (Å²) in [5, 5.41) is 2.05. The summed E-state index contributed by atoms with van der Waals surface area (Å²) < 4.78 is 0. The van der Waals surface area contributed by atoms with Gasteiger partial charge in [-0.05, 0) is 44.1 Å². The molecule has 1 aromatic heterocycles. The summed E-state index contributed by atoms with van der Waals surface area (Å²) in [6.45, 7) is 0. The highest BCUT2D eigenvalue weighted by Gasteiger charge is 2.18. The Morgan fingerprint density at radius 3 is 2.58 bits per heavy atom. The molecule has 4 heteroatoms.